The molecule has 2 nitrogen and oxygen atoms in total. The summed E-state index contributed by atoms with van der Waals surface area (Å²) in [5, 5.41) is 13.2. The molecule has 19 heavy (non-hydrogen) atoms. The van der Waals surface area contributed by atoms with E-state index in [0.29, 0.717) is 11.3 Å². The minimum Gasteiger partial charge on any atom is -0.367 e. The lowest BCUT2D eigenvalue weighted by Gasteiger charge is -2.45. The summed E-state index contributed by atoms with van der Waals surface area (Å²) in [7, 11) is 0. The normalized spacial score (nSPS) is 29.5. The fourth-order valence-electron chi connectivity index (χ4n) is 3.25. The summed E-state index contributed by atoms with van der Waals surface area (Å²) in [6.45, 7) is 8.89. The van der Waals surface area contributed by atoms with E-state index in [4.69, 9.17) is 0 Å². The molecule has 0 aromatic heterocycles. The predicted molar refractivity (Wildman–Crippen MR) is 79.9 cm³/mol. The Bertz CT molecular complexity index is 498. The highest BCUT2D eigenvalue weighted by atomic mass is 15.0. The molecule has 0 amide bonds. The Hall–Kier alpha value is -1.49. The maximum atomic E-state index is 9.70. The van der Waals surface area contributed by atoms with Gasteiger partial charge in [0.1, 0.15) is 5.54 Å². The second-order valence-electron chi connectivity index (χ2n) is 6.85. The Morgan fingerprint density at radius 2 is 2.05 bits per heavy atom. The lowest BCUT2D eigenvalue weighted by molar-refractivity contribution is 0.146. The lowest BCUT2D eigenvalue weighted by atomic mass is 9.64. The van der Waals surface area contributed by atoms with Gasteiger partial charge in [0.05, 0.1) is 6.07 Å². The van der Waals surface area contributed by atoms with E-state index in [1.54, 1.807) is 0 Å². The lowest BCUT2D eigenvalue weighted by Crippen LogP contribution is -2.48. The summed E-state index contributed by atoms with van der Waals surface area (Å²) in [5.74, 6) is 0.363. The van der Waals surface area contributed by atoms with Crippen LogP contribution in [0, 0.1) is 29.6 Å². The van der Waals surface area contributed by atoms with Gasteiger partial charge in [0, 0.05) is 5.69 Å². The first-order chi connectivity index (χ1) is 8.87. The van der Waals surface area contributed by atoms with Crippen molar-refractivity contribution in [2.45, 2.75) is 52.5 Å². The molecule has 2 rings (SSSR count). The van der Waals surface area contributed by atoms with Crippen LogP contribution in [0.5, 0.6) is 0 Å². The zero-order chi connectivity index (χ0) is 14.1. The average Bonchev–Trinajstić information content (AvgIpc) is 2.33. The molecule has 102 valence electrons. The van der Waals surface area contributed by atoms with Gasteiger partial charge in [-0.25, -0.2) is 0 Å². The third kappa shape index (κ3) is 2.92. The van der Waals surface area contributed by atoms with E-state index in [9.17, 15) is 5.26 Å². The zero-order valence-corrected chi connectivity index (χ0v) is 12.5. The van der Waals surface area contributed by atoms with Crippen LogP contribution in [0.25, 0.3) is 0 Å². The average molecular weight is 256 g/mol. The molecule has 0 radical (unpaired) electrons. The Labute approximate surface area is 116 Å². The van der Waals surface area contributed by atoms with Crippen LogP contribution in [0.3, 0.4) is 0 Å². The molecule has 1 N–H and O–H groups in total. The van der Waals surface area contributed by atoms with Crippen molar-refractivity contribution < 1.29 is 0 Å². The molecule has 1 saturated carbocycles. The van der Waals surface area contributed by atoms with E-state index < -0.39 is 5.54 Å². The van der Waals surface area contributed by atoms with Crippen molar-refractivity contribution in [2.24, 2.45) is 11.3 Å². The van der Waals surface area contributed by atoms with Gasteiger partial charge in [-0.05, 0) is 55.2 Å². The number of aryl methyl sites for hydroxylation is 1. The standard InChI is InChI=1S/C17H24N2/c1-13-6-5-7-15(10-13)19-17(12-18)9-8-16(3,4)11-14(17)2/h5-7,10,14,19H,8-9,11H2,1-4H3. The highest BCUT2D eigenvalue weighted by Gasteiger charge is 2.44. The SMILES string of the molecule is Cc1cccc(NC2(C#N)CCC(C)(C)CC2C)c1. The van der Waals surface area contributed by atoms with Crippen molar-refractivity contribution in [1.29, 1.82) is 5.26 Å². The first-order valence-corrected chi connectivity index (χ1v) is 7.13. The van der Waals surface area contributed by atoms with Gasteiger partial charge in [0.25, 0.3) is 0 Å². The second-order valence-corrected chi connectivity index (χ2v) is 6.85. The monoisotopic (exact) mass is 256 g/mol. The summed E-state index contributed by atoms with van der Waals surface area (Å²) in [6.07, 6.45) is 3.12. The van der Waals surface area contributed by atoms with Gasteiger partial charge in [0.2, 0.25) is 0 Å². The molecule has 0 spiro atoms. The second kappa shape index (κ2) is 4.89. The highest BCUT2D eigenvalue weighted by Crippen LogP contribution is 2.45. The summed E-state index contributed by atoms with van der Waals surface area (Å²) < 4.78 is 0. The number of hydrogen-bond acceptors (Lipinski definition) is 2. The van der Waals surface area contributed by atoms with Gasteiger partial charge in [-0.1, -0.05) is 32.9 Å². The third-order valence-electron chi connectivity index (χ3n) is 4.48. The van der Waals surface area contributed by atoms with E-state index in [1.807, 2.05) is 6.07 Å². The van der Waals surface area contributed by atoms with Crippen LogP contribution in [0.2, 0.25) is 0 Å². The van der Waals surface area contributed by atoms with Gasteiger partial charge in [-0.3, -0.25) is 0 Å². The van der Waals surface area contributed by atoms with Crippen LogP contribution in [0.4, 0.5) is 5.69 Å². The van der Waals surface area contributed by atoms with Crippen molar-refractivity contribution in [1.82, 2.24) is 0 Å². The smallest absolute Gasteiger partial charge is 0.128 e. The van der Waals surface area contributed by atoms with Crippen molar-refractivity contribution >= 4 is 5.69 Å². The molecule has 1 aliphatic rings. The van der Waals surface area contributed by atoms with Crippen LogP contribution in [-0.4, -0.2) is 5.54 Å². The summed E-state index contributed by atoms with van der Waals surface area (Å²) in [5.41, 5.74) is 2.23. The van der Waals surface area contributed by atoms with Gasteiger partial charge >= 0.3 is 0 Å². The van der Waals surface area contributed by atoms with Crippen molar-refractivity contribution in [3.05, 3.63) is 29.8 Å². The minimum absolute atomic E-state index is 0.355. The molecule has 1 fully saturated rings. The molecule has 1 aromatic carbocycles. The van der Waals surface area contributed by atoms with Crippen LogP contribution < -0.4 is 5.32 Å². The first kappa shape index (κ1) is 13.9. The predicted octanol–water partition coefficient (Wildman–Crippen LogP) is 4.52. The Balaban J connectivity index is 2.23. The van der Waals surface area contributed by atoms with E-state index in [0.717, 1.165) is 24.9 Å². The molecule has 0 aliphatic heterocycles. The molecule has 2 unspecified atom stereocenters. The quantitative estimate of drug-likeness (QED) is 0.844. The maximum Gasteiger partial charge on any atom is 0.128 e. The number of nitrogens with one attached hydrogen (secondary N) is 1. The summed E-state index contributed by atoms with van der Waals surface area (Å²) >= 11 is 0. The van der Waals surface area contributed by atoms with Crippen LogP contribution in [0.15, 0.2) is 24.3 Å². The fraction of sp³-hybridized carbons (Fsp3) is 0.588. The molecule has 2 atom stereocenters. The zero-order valence-electron chi connectivity index (χ0n) is 12.5. The molecule has 2 heteroatoms. The van der Waals surface area contributed by atoms with Gasteiger partial charge in [-0.15, -0.1) is 0 Å². The van der Waals surface area contributed by atoms with Crippen LogP contribution in [0.1, 0.15) is 45.6 Å². The molecule has 0 saturated heterocycles. The van der Waals surface area contributed by atoms with E-state index in [1.165, 1.54) is 5.56 Å². The van der Waals surface area contributed by atoms with Crippen LogP contribution in [-0.2, 0) is 0 Å². The number of nitriles is 1. The van der Waals surface area contributed by atoms with Crippen molar-refractivity contribution in [3.8, 4) is 6.07 Å². The molecular formula is C17H24N2. The number of rotatable bonds is 2. The van der Waals surface area contributed by atoms with Gasteiger partial charge < -0.3 is 5.32 Å². The topological polar surface area (TPSA) is 35.8 Å². The van der Waals surface area contributed by atoms with Gasteiger partial charge in [-0.2, -0.15) is 5.26 Å². The fourth-order valence-corrected chi connectivity index (χ4v) is 3.25. The number of hydrogen-bond donors (Lipinski definition) is 1. The third-order valence-corrected chi connectivity index (χ3v) is 4.48. The molecule has 1 aliphatic carbocycles. The largest absolute Gasteiger partial charge is 0.367 e. The van der Waals surface area contributed by atoms with Gasteiger partial charge in [0.15, 0.2) is 0 Å². The first-order valence-electron chi connectivity index (χ1n) is 7.13. The minimum atomic E-state index is -0.413. The molecule has 0 bridgehead atoms. The Morgan fingerprint density at radius 3 is 2.63 bits per heavy atom. The highest BCUT2D eigenvalue weighted by molar-refractivity contribution is 5.50. The van der Waals surface area contributed by atoms with E-state index >= 15 is 0 Å². The summed E-state index contributed by atoms with van der Waals surface area (Å²) in [6, 6.07) is 10.9. The van der Waals surface area contributed by atoms with Crippen molar-refractivity contribution in [2.75, 3.05) is 5.32 Å². The van der Waals surface area contributed by atoms with Crippen LogP contribution >= 0.6 is 0 Å². The molecule has 0 heterocycles. The van der Waals surface area contributed by atoms with Crippen molar-refractivity contribution in [3.63, 3.8) is 0 Å². The summed E-state index contributed by atoms with van der Waals surface area (Å²) in [4.78, 5) is 0. The maximum absolute atomic E-state index is 9.70. The molecule has 1 aromatic rings. The Kier molecular flexibility index (Phi) is 3.58. The number of nitrogens with zero attached hydrogens (tertiary/aromatic N) is 1. The molecular weight excluding hydrogens is 232 g/mol. The number of benzene rings is 1. The van der Waals surface area contributed by atoms with E-state index in [2.05, 4.69) is 57.3 Å². The number of anilines is 1. The Morgan fingerprint density at radius 1 is 1.32 bits per heavy atom. The van der Waals surface area contributed by atoms with E-state index in [-0.39, 0.29) is 0 Å².